The van der Waals surface area contributed by atoms with E-state index in [4.69, 9.17) is 16.0 Å². The van der Waals surface area contributed by atoms with Crippen LogP contribution in [0.3, 0.4) is 0 Å². The molecule has 0 aliphatic carbocycles. The summed E-state index contributed by atoms with van der Waals surface area (Å²) in [5.41, 5.74) is 4.98. The summed E-state index contributed by atoms with van der Waals surface area (Å²) < 4.78 is 5.86. The number of aryl methyl sites for hydroxylation is 2. The van der Waals surface area contributed by atoms with Gasteiger partial charge in [0.05, 0.1) is 6.04 Å². The molecule has 1 atom stereocenters. The molecule has 1 amide bonds. The van der Waals surface area contributed by atoms with E-state index in [0.29, 0.717) is 22.9 Å². The largest absolute Gasteiger partial charge is 0.451 e. The molecule has 0 aliphatic rings. The van der Waals surface area contributed by atoms with Crippen LogP contribution >= 0.6 is 24.0 Å². The number of fused-ring (bicyclic) bond motifs is 1. The first-order valence-electron chi connectivity index (χ1n) is 10.2. The molecule has 3 aromatic rings. The fourth-order valence-electron chi connectivity index (χ4n) is 3.63. The van der Waals surface area contributed by atoms with Crippen molar-refractivity contribution in [2.75, 3.05) is 20.6 Å². The lowest BCUT2D eigenvalue weighted by atomic mass is 9.86. The Morgan fingerprint density at radius 3 is 2.29 bits per heavy atom. The molecule has 0 fully saturated rings. The summed E-state index contributed by atoms with van der Waals surface area (Å²) in [6, 6.07) is 12.4. The highest BCUT2D eigenvalue weighted by molar-refractivity contribution is 6.32. The summed E-state index contributed by atoms with van der Waals surface area (Å²) in [5.74, 6) is 0.128. The van der Waals surface area contributed by atoms with Crippen molar-refractivity contribution in [2.24, 2.45) is 0 Å². The molecule has 2 aromatic carbocycles. The predicted octanol–water partition coefficient (Wildman–Crippen LogP) is 6.46. The van der Waals surface area contributed by atoms with Crippen molar-refractivity contribution in [1.29, 1.82) is 0 Å². The second kappa shape index (κ2) is 9.64. The lowest BCUT2D eigenvalue weighted by Crippen LogP contribution is -2.34. The average molecular weight is 463 g/mol. The smallest absolute Gasteiger partial charge is 0.287 e. The van der Waals surface area contributed by atoms with Crippen molar-refractivity contribution in [2.45, 2.75) is 46.1 Å². The Bertz CT molecular complexity index is 1060. The number of hydrogen-bond donors (Lipinski definition) is 1. The van der Waals surface area contributed by atoms with Gasteiger partial charge in [0.15, 0.2) is 5.76 Å². The lowest BCUT2D eigenvalue weighted by molar-refractivity contribution is 0.0915. The zero-order valence-electron chi connectivity index (χ0n) is 19.3. The van der Waals surface area contributed by atoms with Crippen LogP contribution in [0.1, 0.15) is 59.6 Å². The number of hydrogen-bond acceptors (Lipinski definition) is 3. The number of carbonyl (C=O) groups is 1. The molecule has 3 rings (SSSR count). The van der Waals surface area contributed by atoms with Crippen LogP contribution in [0.15, 0.2) is 40.8 Å². The van der Waals surface area contributed by atoms with Crippen molar-refractivity contribution in [3.05, 3.63) is 69.4 Å². The van der Waals surface area contributed by atoms with Gasteiger partial charge in [-0.3, -0.25) is 4.79 Å². The van der Waals surface area contributed by atoms with Crippen molar-refractivity contribution in [1.82, 2.24) is 10.2 Å². The highest BCUT2D eigenvalue weighted by Gasteiger charge is 2.22. The van der Waals surface area contributed by atoms with Crippen LogP contribution in [0.2, 0.25) is 5.02 Å². The number of amides is 1. The number of likely N-dealkylation sites (N-methyl/N-ethyl adjacent to an activating group) is 1. The molecule has 1 unspecified atom stereocenters. The SMILES string of the molecule is Cc1cc2oc(C(=O)NCC(c3ccc(C(C)(C)C)cc3)N(C)C)c(C)c2cc1Cl.Cl. The van der Waals surface area contributed by atoms with E-state index in [-0.39, 0.29) is 29.8 Å². The minimum Gasteiger partial charge on any atom is -0.451 e. The Balaban J connectivity index is 0.00000341. The van der Waals surface area contributed by atoms with Gasteiger partial charge in [0.25, 0.3) is 5.91 Å². The highest BCUT2D eigenvalue weighted by Crippen LogP contribution is 2.30. The first-order valence-corrected chi connectivity index (χ1v) is 10.6. The number of halogens is 2. The summed E-state index contributed by atoms with van der Waals surface area (Å²) in [6.07, 6.45) is 0. The fraction of sp³-hybridized carbons (Fsp3) is 0.400. The van der Waals surface area contributed by atoms with Gasteiger partial charge < -0.3 is 14.6 Å². The summed E-state index contributed by atoms with van der Waals surface area (Å²) in [6.45, 7) is 10.9. The van der Waals surface area contributed by atoms with Gasteiger partial charge in [-0.2, -0.15) is 0 Å². The van der Waals surface area contributed by atoms with Crippen LogP contribution < -0.4 is 5.32 Å². The van der Waals surface area contributed by atoms with Gasteiger partial charge in [0.1, 0.15) is 5.58 Å². The molecule has 0 saturated carbocycles. The minimum atomic E-state index is -0.212. The molecule has 4 nitrogen and oxygen atoms in total. The summed E-state index contributed by atoms with van der Waals surface area (Å²) in [4.78, 5) is 15.0. The van der Waals surface area contributed by atoms with Gasteiger partial charge in [-0.15, -0.1) is 12.4 Å². The first kappa shape index (κ1) is 25.3. The molecule has 1 aromatic heterocycles. The van der Waals surface area contributed by atoms with E-state index in [1.165, 1.54) is 5.56 Å². The molecule has 0 saturated heterocycles. The molecule has 168 valence electrons. The fourth-order valence-corrected chi connectivity index (χ4v) is 3.80. The summed E-state index contributed by atoms with van der Waals surface area (Å²) in [7, 11) is 4.04. The van der Waals surface area contributed by atoms with Crippen LogP contribution in [0.25, 0.3) is 11.0 Å². The summed E-state index contributed by atoms with van der Waals surface area (Å²) >= 11 is 6.25. The van der Waals surface area contributed by atoms with E-state index in [0.717, 1.165) is 22.1 Å². The average Bonchev–Trinajstić information content (AvgIpc) is 2.97. The third-order valence-corrected chi connectivity index (χ3v) is 6.07. The third-order valence-electron chi connectivity index (χ3n) is 5.66. The predicted molar refractivity (Wildman–Crippen MR) is 132 cm³/mol. The van der Waals surface area contributed by atoms with Crippen molar-refractivity contribution >= 4 is 40.9 Å². The van der Waals surface area contributed by atoms with Crippen LogP contribution in [0, 0.1) is 13.8 Å². The van der Waals surface area contributed by atoms with E-state index >= 15 is 0 Å². The molecular weight excluding hydrogens is 431 g/mol. The van der Waals surface area contributed by atoms with Gasteiger partial charge in [0.2, 0.25) is 0 Å². The Kier molecular flexibility index (Phi) is 7.85. The highest BCUT2D eigenvalue weighted by atomic mass is 35.5. The third kappa shape index (κ3) is 5.43. The molecule has 1 N–H and O–H groups in total. The standard InChI is InChI=1S/C25H31ClN2O2.ClH/c1-15-12-22-19(13-20(15)26)16(2)23(30-22)24(29)27-14-21(28(6)7)17-8-10-18(11-9-17)25(3,4)5;/h8-13,21H,14H2,1-7H3,(H,27,29);1H. The Labute approximate surface area is 196 Å². The van der Waals surface area contributed by atoms with Gasteiger partial charge in [-0.1, -0.05) is 56.6 Å². The first-order chi connectivity index (χ1) is 14.0. The molecule has 1 heterocycles. The molecule has 0 bridgehead atoms. The minimum absolute atomic E-state index is 0. The van der Waals surface area contributed by atoms with E-state index in [1.807, 2.05) is 40.1 Å². The molecule has 0 radical (unpaired) electrons. The van der Waals surface area contributed by atoms with Gasteiger partial charge in [-0.05, 0) is 62.2 Å². The quantitative estimate of drug-likeness (QED) is 0.473. The number of nitrogens with zero attached hydrogens (tertiary/aromatic N) is 1. The molecule has 0 spiro atoms. The zero-order valence-corrected chi connectivity index (χ0v) is 20.9. The second-order valence-electron chi connectivity index (χ2n) is 9.22. The molecule has 31 heavy (non-hydrogen) atoms. The van der Waals surface area contributed by atoms with E-state index in [1.54, 1.807) is 0 Å². The number of carbonyl (C=O) groups excluding carboxylic acids is 1. The van der Waals surface area contributed by atoms with E-state index in [2.05, 4.69) is 55.3 Å². The zero-order chi connectivity index (χ0) is 22.2. The van der Waals surface area contributed by atoms with Crippen LogP contribution in [-0.2, 0) is 5.41 Å². The van der Waals surface area contributed by atoms with Gasteiger partial charge in [0, 0.05) is 22.5 Å². The monoisotopic (exact) mass is 462 g/mol. The lowest BCUT2D eigenvalue weighted by Gasteiger charge is -2.26. The van der Waals surface area contributed by atoms with Crippen LogP contribution in [0.5, 0.6) is 0 Å². The van der Waals surface area contributed by atoms with Crippen LogP contribution in [0.4, 0.5) is 0 Å². The molecule has 0 aliphatic heterocycles. The summed E-state index contributed by atoms with van der Waals surface area (Å²) in [5, 5.41) is 4.59. The van der Waals surface area contributed by atoms with Crippen molar-refractivity contribution in [3.8, 4) is 0 Å². The number of furan rings is 1. The Morgan fingerprint density at radius 2 is 1.74 bits per heavy atom. The number of benzene rings is 2. The van der Waals surface area contributed by atoms with E-state index < -0.39 is 0 Å². The van der Waals surface area contributed by atoms with Gasteiger partial charge >= 0.3 is 0 Å². The number of nitrogens with one attached hydrogen (secondary N) is 1. The Hall–Kier alpha value is -2.01. The van der Waals surface area contributed by atoms with Gasteiger partial charge in [-0.25, -0.2) is 0 Å². The topological polar surface area (TPSA) is 45.5 Å². The maximum Gasteiger partial charge on any atom is 0.287 e. The maximum absolute atomic E-state index is 12.9. The molecular formula is C25H32Cl2N2O2. The maximum atomic E-state index is 12.9. The normalized spacial score (nSPS) is 12.7. The van der Waals surface area contributed by atoms with Crippen molar-refractivity contribution in [3.63, 3.8) is 0 Å². The second-order valence-corrected chi connectivity index (χ2v) is 9.62. The molecule has 6 heteroatoms. The van der Waals surface area contributed by atoms with Crippen LogP contribution in [-0.4, -0.2) is 31.4 Å². The van der Waals surface area contributed by atoms with E-state index in [9.17, 15) is 4.79 Å². The Morgan fingerprint density at radius 1 is 1.13 bits per heavy atom. The van der Waals surface area contributed by atoms with Crippen molar-refractivity contribution < 1.29 is 9.21 Å². The number of rotatable bonds is 5.